The van der Waals surface area contributed by atoms with Crippen LogP contribution >= 0.6 is 0 Å². The Morgan fingerprint density at radius 1 is 0.935 bits per heavy atom. The molecule has 0 aromatic heterocycles. The smallest absolute Gasteiger partial charge is 0.254 e. The number of nitrogens with zero attached hydrogens (tertiary/aromatic N) is 2. The number of amides is 1. The summed E-state index contributed by atoms with van der Waals surface area (Å²) in [4.78, 5) is 17.9. The van der Waals surface area contributed by atoms with Crippen LogP contribution in [0.1, 0.15) is 39.5 Å². The minimum absolute atomic E-state index is 0.225. The van der Waals surface area contributed by atoms with Gasteiger partial charge in [-0.1, -0.05) is 31.2 Å². The Kier molecular flexibility index (Phi) is 6.38. The van der Waals surface area contributed by atoms with Crippen molar-refractivity contribution < 1.29 is 4.79 Å². The molecule has 4 heteroatoms. The lowest BCUT2D eigenvalue weighted by molar-refractivity contribution is 0.0771. The van der Waals surface area contributed by atoms with E-state index in [0.29, 0.717) is 17.8 Å². The van der Waals surface area contributed by atoms with Crippen LogP contribution < -0.4 is 5.32 Å². The first-order chi connectivity index (χ1) is 14.8. The third-order valence-corrected chi connectivity index (χ3v) is 7.28. The normalized spacial score (nSPS) is 21.9. The first-order valence-electron chi connectivity index (χ1n) is 11.7. The van der Waals surface area contributed by atoms with Crippen LogP contribution in [0.2, 0.25) is 0 Å². The first kappa shape index (κ1) is 21.9. The van der Waals surface area contributed by atoms with Crippen molar-refractivity contribution in [3.05, 3.63) is 64.2 Å². The predicted molar refractivity (Wildman–Crippen MR) is 129 cm³/mol. The number of hydrogen-bond donors (Lipinski definition) is 1. The molecule has 3 unspecified atom stereocenters. The monoisotopic (exact) mass is 419 g/mol. The van der Waals surface area contributed by atoms with Gasteiger partial charge in [-0.3, -0.25) is 4.79 Å². The maximum atomic E-state index is 13.1. The molecule has 1 N–H and O–H groups in total. The molecule has 0 bridgehead atoms. The minimum Gasteiger partial charge on any atom is -0.385 e. The van der Waals surface area contributed by atoms with E-state index in [0.717, 1.165) is 56.0 Å². The standard InChI is InChI=1S/C27H37N3O/c1-18(12-28-25-10-9-19(2)22(5)11-25)13-29-14-23-16-30(17-24(23)15-29)27(31)26-20(3)7-6-8-21(26)4/h6-11,18,23-24,28H,12-17H2,1-5H3. The summed E-state index contributed by atoms with van der Waals surface area (Å²) in [5.74, 6) is 2.05. The molecule has 2 aliphatic heterocycles. The molecule has 0 spiro atoms. The third-order valence-electron chi connectivity index (χ3n) is 7.28. The second-order valence-corrected chi connectivity index (χ2v) is 10.0. The van der Waals surface area contributed by atoms with Gasteiger partial charge in [-0.25, -0.2) is 0 Å². The fourth-order valence-corrected chi connectivity index (χ4v) is 5.36. The third kappa shape index (κ3) is 4.79. The zero-order chi connectivity index (χ0) is 22.1. The van der Waals surface area contributed by atoms with Gasteiger partial charge in [-0.05, 0) is 79.8 Å². The Labute approximate surface area is 187 Å². The number of hydrogen-bond acceptors (Lipinski definition) is 3. The molecule has 0 aliphatic carbocycles. The average molecular weight is 420 g/mol. The van der Waals surface area contributed by atoms with Crippen LogP contribution in [-0.4, -0.2) is 55.0 Å². The number of fused-ring (bicyclic) bond motifs is 1. The Hall–Kier alpha value is -2.33. The molecule has 2 saturated heterocycles. The van der Waals surface area contributed by atoms with Crippen molar-refractivity contribution in [1.29, 1.82) is 0 Å². The Bertz CT molecular complexity index is 919. The van der Waals surface area contributed by atoms with Crippen LogP contribution in [0.15, 0.2) is 36.4 Å². The molecule has 2 fully saturated rings. The largest absolute Gasteiger partial charge is 0.385 e. The van der Waals surface area contributed by atoms with Crippen LogP contribution in [0.3, 0.4) is 0 Å². The summed E-state index contributed by atoms with van der Waals surface area (Å²) in [6.45, 7) is 16.9. The van der Waals surface area contributed by atoms with Crippen molar-refractivity contribution in [2.75, 3.05) is 44.6 Å². The van der Waals surface area contributed by atoms with Crippen molar-refractivity contribution in [1.82, 2.24) is 9.80 Å². The highest BCUT2D eigenvalue weighted by Gasteiger charge is 2.42. The van der Waals surface area contributed by atoms with Gasteiger partial charge in [0.1, 0.15) is 0 Å². The van der Waals surface area contributed by atoms with Gasteiger partial charge in [0.25, 0.3) is 5.91 Å². The summed E-state index contributed by atoms with van der Waals surface area (Å²) in [7, 11) is 0. The molecule has 4 nitrogen and oxygen atoms in total. The molecule has 2 heterocycles. The van der Waals surface area contributed by atoms with Crippen LogP contribution in [0.25, 0.3) is 0 Å². The van der Waals surface area contributed by atoms with E-state index in [1.807, 2.05) is 32.0 Å². The van der Waals surface area contributed by atoms with E-state index in [9.17, 15) is 4.79 Å². The number of likely N-dealkylation sites (tertiary alicyclic amines) is 2. The molecule has 2 aromatic rings. The Balaban J connectivity index is 1.26. The molecule has 0 radical (unpaired) electrons. The summed E-state index contributed by atoms with van der Waals surface area (Å²) in [6.07, 6.45) is 0. The van der Waals surface area contributed by atoms with Crippen LogP contribution in [-0.2, 0) is 0 Å². The highest BCUT2D eigenvalue weighted by Crippen LogP contribution is 2.33. The summed E-state index contributed by atoms with van der Waals surface area (Å²) < 4.78 is 0. The fourth-order valence-electron chi connectivity index (χ4n) is 5.36. The van der Waals surface area contributed by atoms with Crippen molar-refractivity contribution >= 4 is 11.6 Å². The number of benzene rings is 2. The van der Waals surface area contributed by atoms with Crippen LogP contribution in [0.5, 0.6) is 0 Å². The lowest BCUT2D eigenvalue weighted by atomic mass is 10.0. The van der Waals surface area contributed by atoms with Gasteiger partial charge in [-0.2, -0.15) is 0 Å². The second kappa shape index (κ2) is 9.04. The highest BCUT2D eigenvalue weighted by molar-refractivity contribution is 5.97. The summed E-state index contributed by atoms with van der Waals surface area (Å²) in [6, 6.07) is 12.7. The molecule has 0 saturated carbocycles. The Morgan fingerprint density at radius 2 is 1.58 bits per heavy atom. The van der Waals surface area contributed by atoms with E-state index in [2.05, 4.69) is 54.1 Å². The van der Waals surface area contributed by atoms with Gasteiger partial charge < -0.3 is 15.1 Å². The minimum atomic E-state index is 0.225. The number of anilines is 1. The van der Waals surface area contributed by atoms with Crippen molar-refractivity contribution in [2.45, 2.75) is 34.6 Å². The van der Waals surface area contributed by atoms with Crippen LogP contribution in [0.4, 0.5) is 5.69 Å². The maximum Gasteiger partial charge on any atom is 0.254 e. The molecule has 166 valence electrons. The summed E-state index contributed by atoms with van der Waals surface area (Å²) >= 11 is 0. The SMILES string of the molecule is Cc1ccc(NCC(C)CN2CC3CN(C(=O)c4c(C)cccc4C)CC3C2)cc1C. The number of nitrogens with one attached hydrogen (secondary N) is 1. The van der Waals surface area contributed by atoms with E-state index in [4.69, 9.17) is 0 Å². The van der Waals surface area contributed by atoms with Gasteiger partial charge >= 0.3 is 0 Å². The maximum absolute atomic E-state index is 13.1. The van der Waals surface area contributed by atoms with E-state index in [1.165, 1.54) is 16.8 Å². The molecular formula is C27H37N3O. The van der Waals surface area contributed by atoms with Crippen LogP contribution in [0, 0.1) is 45.4 Å². The molecular weight excluding hydrogens is 382 g/mol. The van der Waals surface area contributed by atoms with Gasteiger partial charge in [0, 0.05) is 50.5 Å². The van der Waals surface area contributed by atoms with Crippen molar-refractivity contribution in [3.8, 4) is 0 Å². The van der Waals surface area contributed by atoms with Gasteiger partial charge in [-0.15, -0.1) is 0 Å². The predicted octanol–water partition coefficient (Wildman–Crippen LogP) is 4.67. The summed E-state index contributed by atoms with van der Waals surface area (Å²) in [5, 5.41) is 3.61. The number of aryl methyl sites for hydroxylation is 4. The molecule has 2 aromatic carbocycles. The van der Waals surface area contributed by atoms with Gasteiger partial charge in [0.05, 0.1) is 0 Å². The van der Waals surface area contributed by atoms with Crippen molar-refractivity contribution in [2.24, 2.45) is 17.8 Å². The topological polar surface area (TPSA) is 35.6 Å². The molecule has 31 heavy (non-hydrogen) atoms. The van der Waals surface area contributed by atoms with E-state index >= 15 is 0 Å². The number of carbonyl (C=O) groups excluding carboxylic acids is 1. The highest BCUT2D eigenvalue weighted by atomic mass is 16.2. The lowest BCUT2D eigenvalue weighted by Gasteiger charge is -2.25. The van der Waals surface area contributed by atoms with E-state index < -0.39 is 0 Å². The van der Waals surface area contributed by atoms with Gasteiger partial charge in [0.2, 0.25) is 0 Å². The quantitative estimate of drug-likeness (QED) is 0.739. The average Bonchev–Trinajstić information content (AvgIpc) is 3.27. The van der Waals surface area contributed by atoms with Crippen molar-refractivity contribution in [3.63, 3.8) is 0 Å². The fraction of sp³-hybridized carbons (Fsp3) is 0.519. The molecule has 2 aliphatic rings. The van der Waals surface area contributed by atoms with E-state index in [-0.39, 0.29) is 5.91 Å². The number of carbonyl (C=O) groups is 1. The zero-order valence-electron chi connectivity index (χ0n) is 19.7. The zero-order valence-corrected chi connectivity index (χ0v) is 19.7. The second-order valence-electron chi connectivity index (χ2n) is 10.0. The first-order valence-corrected chi connectivity index (χ1v) is 11.7. The molecule has 1 amide bonds. The summed E-state index contributed by atoms with van der Waals surface area (Å²) in [5.41, 5.74) is 6.99. The molecule has 3 atom stereocenters. The molecule has 4 rings (SSSR count). The van der Waals surface area contributed by atoms with Gasteiger partial charge in [0.15, 0.2) is 0 Å². The Morgan fingerprint density at radius 3 is 2.19 bits per heavy atom. The number of rotatable bonds is 6. The van der Waals surface area contributed by atoms with E-state index in [1.54, 1.807) is 0 Å². The lowest BCUT2D eigenvalue weighted by Crippen LogP contribution is -2.36.